The summed E-state index contributed by atoms with van der Waals surface area (Å²) in [6, 6.07) is 15.4. The van der Waals surface area contributed by atoms with E-state index in [4.69, 9.17) is 23.2 Å². The van der Waals surface area contributed by atoms with Crippen LogP contribution < -0.4 is 5.32 Å². The van der Waals surface area contributed by atoms with Crippen molar-refractivity contribution in [3.63, 3.8) is 0 Å². The quantitative estimate of drug-likeness (QED) is 0.450. The van der Waals surface area contributed by atoms with Crippen molar-refractivity contribution in [1.29, 1.82) is 5.26 Å². The highest BCUT2D eigenvalue weighted by atomic mass is 35.5. The van der Waals surface area contributed by atoms with Crippen LogP contribution in [0.1, 0.15) is 62.0 Å². The molecule has 2 aromatic rings. The monoisotopic (exact) mass is 498 g/mol. The number of benzene rings is 2. The average Bonchev–Trinajstić information content (AvgIpc) is 3.35. The highest BCUT2D eigenvalue weighted by molar-refractivity contribution is 6.35. The van der Waals surface area contributed by atoms with Gasteiger partial charge in [0.15, 0.2) is 0 Å². The first-order valence-electron chi connectivity index (χ1n) is 12.3. The van der Waals surface area contributed by atoms with Gasteiger partial charge in [0.2, 0.25) is 0 Å². The molecule has 0 atom stereocenters. The molecule has 1 heterocycles. The lowest BCUT2D eigenvalue weighted by molar-refractivity contribution is 0.157. The summed E-state index contributed by atoms with van der Waals surface area (Å²) in [5.41, 5.74) is 2.56. The number of nitrogens with one attached hydrogen (secondary N) is 1. The molecule has 0 unspecified atom stereocenters. The van der Waals surface area contributed by atoms with Gasteiger partial charge in [-0.25, -0.2) is 4.79 Å². The smallest absolute Gasteiger partial charge is 0.322 e. The van der Waals surface area contributed by atoms with Crippen LogP contribution in [0.2, 0.25) is 10.0 Å². The molecular weight excluding hydrogens is 467 g/mol. The highest BCUT2D eigenvalue weighted by Crippen LogP contribution is 2.35. The number of nitrogens with zero attached hydrogens (tertiary/aromatic N) is 3. The van der Waals surface area contributed by atoms with Crippen LogP contribution in [-0.4, -0.2) is 48.1 Å². The van der Waals surface area contributed by atoms with Crippen molar-refractivity contribution >= 4 is 34.9 Å². The maximum absolute atomic E-state index is 13.4. The molecule has 180 valence electrons. The van der Waals surface area contributed by atoms with E-state index >= 15 is 0 Å². The van der Waals surface area contributed by atoms with Crippen molar-refractivity contribution in [3.05, 3.63) is 63.6 Å². The molecule has 34 heavy (non-hydrogen) atoms. The highest BCUT2D eigenvalue weighted by Gasteiger charge is 2.30. The number of rotatable bonds is 7. The lowest BCUT2D eigenvalue weighted by Crippen LogP contribution is -2.45. The van der Waals surface area contributed by atoms with Gasteiger partial charge in [-0.2, -0.15) is 5.26 Å². The van der Waals surface area contributed by atoms with E-state index < -0.39 is 0 Å². The first kappa shape index (κ1) is 24.9. The fraction of sp³-hybridized carbons (Fsp3) is 0.481. The van der Waals surface area contributed by atoms with Crippen molar-refractivity contribution < 1.29 is 4.79 Å². The van der Waals surface area contributed by atoms with Crippen LogP contribution in [0, 0.1) is 11.3 Å². The number of halogens is 2. The maximum Gasteiger partial charge on any atom is 0.322 e. The van der Waals surface area contributed by atoms with Gasteiger partial charge in [0.1, 0.15) is 0 Å². The van der Waals surface area contributed by atoms with E-state index in [1.54, 1.807) is 18.2 Å². The Morgan fingerprint density at radius 2 is 1.76 bits per heavy atom. The second-order valence-corrected chi connectivity index (χ2v) is 10.3. The number of hydrogen-bond donors (Lipinski definition) is 1. The topological polar surface area (TPSA) is 59.4 Å². The summed E-state index contributed by atoms with van der Waals surface area (Å²) in [5, 5.41) is 13.3. The van der Waals surface area contributed by atoms with Crippen LogP contribution in [0.3, 0.4) is 0 Å². The van der Waals surface area contributed by atoms with Gasteiger partial charge in [-0.3, -0.25) is 0 Å². The minimum absolute atomic E-state index is 0.0883. The Kier molecular flexibility index (Phi) is 8.72. The molecular formula is C27H32Cl2N4O. The number of carbonyl (C=O) groups is 1. The van der Waals surface area contributed by atoms with Crippen molar-refractivity contribution in [2.75, 3.05) is 31.5 Å². The number of nitriles is 1. The Morgan fingerprint density at radius 3 is 2.44 bits per heavy atom. The van der Waals surface area contributed by atoms with Gasteiger partial charge in [0.05, 0.1) is 11.6 Å². The van der Waals surface area contributed by atoms with Gasteiger partial charge in [-0.05, 0) is 106 Å². The van der Waals surface area contributed by atoms with Crippen molar-refractivity contribution in [1.82, 2.24) is 9.80 Å². The van der Waals surface area contributed by atoms with Gasteiger partial charge in [-0.15, -0.1) is 0 Å². The van der Waals surface area contributed by atoms with Gasteiger partial charge in [-0.1, -0.05) is 35.3 Å². The third-order valence-electron chi connectivity index (χ3n) is 7.07. The van der Waals surface area contributed by atoms with E-state index in [1.807, 2.05) is 23.1 Å². The second kappa shape index (κ2) is 11.9. The molecule has 2 aromatic carbocycles. The van der Waals surface area contributed by atoms with E-state index in [0.717, 1.165) is 45.2 Å². The van der Waals surface area contributed by atoms with Crippen LogP contribution in [0.4, 0.5) is 10.5 Å². The lowest BCUT2D eigenvalue weighted by Gasteiger charge is -2.37. The third kappa shape index (κ3) is 6.66. The number of amides is 2. The molecule has 5 nitrogen and oxygen atoms in total. The first-order valence-corrected chi connectivity index (χ1v) is 13.0. The van der Waals surface area contributed by atoms with Gasteiger partial charge in [0, 0.05) is 28.3 Å². The zero-order valence-corrected chi connectivity index (χ0v) is 21.0. The van der Waals surface area contributed by atoms with Crippen LogP contribution in [0.15, 0.2) is 42.5 Å². The zero-order valence-electron chi connectivity index (χ0n) is 19.5. The van der Waals surface area contributed by atoms with Crippen molar-refractivity contribution in [2.24, 2.45) is 0 Å². The Hall–Kier alpha value is -2.26. The summed E-state index contributed by atoms with van der Waals surface area (Å²) in [7, 11) is 0. The molecule has 0 aromatic heterocycles. The normalized spacial score (nSPS) is 20.6. The summed E-state index contributed by atoms with van der Waals surface area (Å²) in [4.78, 5) is 17.9. The van der Waals surface area contributed by atoms with Gasteiger partial charge in [0.25, 0.3) is 0 Å². The Morgan fingerprint density at radius 1 is 1.06 bits per heavy atom. The van der Waals surface area contributed by atoms with Crippen LogP contribution in [0.25, 0.3) is 0 Å². The minimum Gasteiger partial charge on any atom is -0.322 e. The minimum atomic E-state index is -0.0883. The summed E-state index contributed by atoms with van der Waals surface area (Å²) in [5.74, 6) is 0.436. The molecule has 4 rings (SSSR count). The van der Waals surface area contributed by atoms with Crippen LogP contribution >= 0.6 is 23.2 Å². The molecule has 7 heteroatoms. The third-order valence-corrected chi connectivity index (χ3v) is 7.51. The number of carbonyl (C=O) groups excluding carboxylic acids is 1. The fourth-order valence-corrected chi connectivity index (χ4v) is 5.85. The Balaban J connectivity index is 1.41. The van der Waals surface area contributed by atoms with E-state index in [2.05, 4.69) is 22.4 Å². The van der Waals surface area contributed by atoms with E-state index in [9.17, 15) is 10.1 Å². The van der Waals surface area contributed by atoms with E-state index in [0.29, 0.717) is 27.2 Å². The summed E-state index contributed by atoms with van der Waals surface area (Å²) >= 11 is 12.3. The number of likely N-dealkylation sites (tertiary alicyclic amines) is 1. The molecule has 1 N–H and O–H groups in total. The molecule has 2 fully saturated rings. The first-order chi connectivity index (χ1) is 16.5. The molecule has 0 spiro atoms. The maximum atomic E-state index is 13.4. The SMILES string of the molecule is N#Cc1cccc([C@H]2CC[C@@H](N(CCCN3CCCC3)C(=O)Nc3cc(Cl)cc(Cl)c3)CC2)c1. The van der Waals surface area contributed by atoms with E-state index in [-0.39, 0.29) is 12.1 Å². The molecule has 1 aliphatic carbocycles. The molecule has 2 amide bonds. The summed E-state index contributed by atoms with van der Waals surface area (Å²) < 4.78 is 0. The van der Waals surface area contributed by atoms with Crippen LogP contribution in [-0.2, 0) is 0 Å². The number of hydrogen-bond acceptors (Lipinski definition) is 3. The lowest BCUT2D eigenvalue weighted by atomic mass is 9.81. The standard InChI is InChI=1S/C27H32Cl2N4O/c28-23-16-24(29)18-25(17-23)31-27(34)33(14-4-13-32-11-1-2-12-32)26-9-7-21(8-10-26)22-6-3-5-20(15-22)19-30/h3,5-6,15-18,21,26H,1-2,4,7-14H2,(H,31,34)/t21-,26+. The predicted molar refractivity (Wildman–Crippen MR) is 139 cm³/mol. The van der Waals surface area contributed by atoms with Gasteiger partial charge >= 0.3 is 6.03 Å². The molecule has 2 aliphatic rings. The summed E-state index contributed by atoms with van der Waals surface area (Å²) in [6.07, 6.45) is 7.45. The molecule has 1 saturated heterocycles. The Labute approximate surface area is 212 Å². The molecule has 1 aliphatic heterocycles. The largest absolute Gasteiger partial charge is 0.322 e. The van der Waals surface area contributed by atoms with Gasteiger partial charge < -0.3 is 15.1 Å². The number of anilines is 1. The fourth-order valence-electron chi connectivity index (χ4n) is 5.33. The predicted octanol–water partition coefficient (Wildman–Crippen LogP) is 6.91. The molecule has 0 radical (unpaired) electrons. The van der Waals surface area contributed by atoms with E-state index in [1.165, 1.54) is 31.5 Å². The van der Waals surface area contributed by atoms with Crippen LogP contribution in [0.5, 0.6) is 0 Å². The Bertz CT molecular complexity index is 1000. The van der Waals surface area contributed by atoms with Crippen molar-refractivity contribution in [3.8, 4) is 6.07 Å². The molecule has 0 bridgehead atoms. The summed E-state index contributed by atoms with van der Waals surface area (Å²) in [6.45, 7) is 4.10. The molecule has 1 saturated carbocycles. The second-order valence-electron chi connectivity index (χ2n) is 9.43. The average molecular weight is 499 g/mol. The number of urea groups is 1. The van der Waals surface area contributed by atoms with Crippen molar-refractivity contribution in [2.45, 2.75) is 56.9 Å². The zero-order chi connectivity index (χ0) is 23.9.